The van der Waals surface area contributed by atoms with Crippen molar-refractivity contribution in [3.8, 4) is 34.5 Å². The summed E-state index contributed by atoms with van der Waals surface area (Å²) in [5.74, 6) is 3.19. The molecule has 0 spiro atoms. The average Bonchev–Trinajstić information content (AvgIpc) is 3.16. The fourth-order valence-corrected chi connectivity index (χ4v) is 3.75. The molecule has 0 bridgehead atoms. The van der Waals surface area contributed by atoms with Gasteiger partial charge in [0.05, 0.1) is 42.7 Å². The topological polar surface area (TPSA) is 72.5 Å². The fourth-order valence-electron chi connectivity index (χ4n) is 3.75. The second-order valence-corrected chi connectivity index (χ2v) is 7.09. The molecule has 0 atom stereocenters. The summed E-state index contributed by atoms with van der Waals surface area (Å²) in [4.78, 5) is 13.1. The van der Waals surface area contributed by atoms with Crippen LogP contribution in [0.15, 0.2) is 35.4 Å². The van der Waals surface area contributed by atoms with Gasteiger partial charge in [-0.2, -0.15) is 0 Å². The van der Waals surface area contributed by atoms with Gasteiger partial charge in [0.15, 0.2) is 28.8 Å². The first-order valence-corrected chi connectivity index (χ1v) is 10.0. The number of allylic oxidation sites excluding steroid dienone is 2. The molecule has 0 radical (unpaired) electrons. The maximum Gasteiger partial charge on any atom is 0.203 e. The third-order valence-corrected chi connectivity index (χ3v) is 5.30. The van der Waals surface area contributed by atoms with E-state index < -0.39 is 0 Å². The number of carbonyl (C=O) groups is 1. The van der Waals surface area contributed by atoms with Crippen molar-refractivity contribution in [2.75, 3.05) is 42.7 Å². The molecule has 32 heavy (non-hydrogen) atoms. The number of carbonyl (C=O) groups excluding carboxylic acids is 1. The summed E-state index contributed by atoms with van der Waals surface area (Å²) in [6, 6.07) is 7.29. The lowest BCUT2D eigenvalue weighted by Crippen LogP contribution is -1.98. The van der Waals surface area contributed by atoms with Gasteiger partial charge in [0.1, 0.15) is 0 Å². The summed E-state index contributed by atoms with van der Waals surface area (Å²) in [5.41, 5.74) is 3.05. The van der Waals surface area contributed by atoms with Crippen molar-refractivity contribution < 1.29 is 33.2 Å². The zero-order chi connectivity index (χ0) is 23.3. The van der Waals surface area contributed by atoms with Crippen molar-refractivity contribution in [2.24, 2.45) is 0 Å². The Kier molecular flexibility index (Phi) is 7.30. The number of Topliss-reactive ketones (excluding diaryl/α,β-unsaturated/α-hetero) is 1. The molecule has 1 saturated carbocycles. The molecule has 1 aliphatic carbocycles. The van der Waals surface area contributed by atoms with Crippen LogP contribution < -0.4 is 28.4 Å². The molecular weight excluding hydrogens is 412 g/mol. The summed E-state index contributed by atoms with van der Waals surface area (Å²) in [6.45, 7) is 0. The summed E-state index contributed by atoms with van der Waals surface area (Å²) >= 11 is 0. The van der Waals surface area contributed by atoms with E-state index >= 15 is 0 Å². The van der Waals surface area contributed by atoms with Gasteiger partial charge in [-0.05, 0) is 60.4 Å². The Hall–Kier alpha value is -3.61. The van der Waals surface area contributed by atoms with E-state index in [-0.39, 0.29) is 5.78 Å². The highest BCUT2D eigenvalue weighted by molar-refractivity contribution is 6.15. The van der Waals surface area contributed by atoms with Gasteiger partial charge in [-0.3, -0.25) is 4.79 Å². The molecule has 0 N–H and O–H groups in total. The fraction of sp³-hybridized carbons (Fsp3) is 0.320. The van der Waals surface area contributed by atoms with Crippen LogP contribution in [0.2, 0.25) is 0 Å². The zero-order valence-corrected chi connectivity index (χ0v) is 19.2. The summed E-state index contributed by atoms with van der Waals surface area (Å²) in [7, 11) is 9.36. The van der Waals surface area contributed by atoms with Crippen LogP contribution >= 0.6 is 0 Å². The lowest BCUT2D eigenvalue weighted by Gasteiger charge is -2.13. The molecule has 0 aromatic heterocycles. The quantitative estimate of drug-likeness (QED) is 0.557. The molecule has 0 unspecified atom stereocenters. The maximum absolute atomic E-state index is 13.1. The van der Waals surface area contributed by atoms with Crippen molar-refractivity contribution in [3.05, 3.63) is 46.5 Å². The van der Waals surface area contributed by atoms with E-state index in [1.165, 1.54) is 0 Å². The Morgan fingerprint density at radius 2 is 0.875 bits per heavy atom. The summed E-state index contributed by atoms with van der Waals surface area (Å²) in [6.07, 6.45) is 5.02. The van der Waals surface area contributed by atoms with Gasteiger partial charge in [-0.25, -0.2) is 0 Å². The van der Waals surface area contributed by atoms with Gasteiger partial charge >= 0.3 is 0 Å². The van der Waals surface area contributed by atoms with Gasteiger partial charge in [0, 0.05) is 11.1 Å². The predicted molar refractivity (Wildman–Crippen MR) is 122 cm³/mol. The lowest BCUT2D eigenvalue weighted by molar-refractivity contribution is -0.111. The first-order valence-electron chi connectivity index (χ1n) is 10.0. The summed E-state index contributed by atoms with van der Waals surface area (Å²) in [5, 5.41) is 0. The van der Waals surface area contributed by atoms with Gasteiger partial charge in [-0.1, -0.05) is 0 Å². The number of benzene rings is 2. The van der Waals surface area contributed by atoms with E-state index in [4.69, 9.17) is 28.4 Å². The second-order valence-electron chi connectivity index (χ2n) is 7.09. The van der Waals surface area contributed by atoms with Crippen molar-refractivity contribution in [3.63, 3.8) is 0 Å². The number of rotatable bonds is 8. The third-order valence-electron chi connectivity index (χ3n) is 5.30. The number of hydrogen-bond donors (Lipinski definition) is 0. The van der Waals surface area contributed by atoms with Gasteiger partial charge < -0.3 is 28.4 Å². The molecule has 7 heteroatoms. The highest BCUT2D eigenvalue weighted by Crippen LogP contribution is 2.41. The zero-order valence-electron chi connectivity index (χ0n) is 19.2. The van der Waals surface area contributed by atoms with Crippen LogP contribution in [-0.4, -0.2) is 48.4 Å². The van der Waals surface area contributed by atoms with Crippen molar-refractivity contribution in [2.45, 2.75) is 12.8 Å². The normalized spacial score (nSPS) is 15.8. The third kappa shape index (κ3) is 4.51. The highest BCUT2D eigenvalue weighted by atomic mass is 16.5. The standard InChI is InChI=1S/C25H28O7/c1-27-19-11-15(12-20(28-2)24(19)31-5)9-17-7-8-18(23(17)26)10-16-13-21(29-3)25(32-6)22(14-16)30-4/h9-14H,7-8H2,1-6H3/b17-9-,18-10-. The first kappa shape index (κ1) is 23.1. The molecule has 3 rings (SSSR count). The minimum atomic E-state index is 0.00695. The van der Waals surface area contributed by atoms with E-state index in [1.807, 2.05) is 36.4 Å². The van der Waals surface area contributed by atoms with E-state index in [0.717, 1.165) is 22.3 Å². The molecule has 0 heterocycles. The van der Waals surface area contributed by atoms with Crippen LogP contribution in [0.5, 0.6) is 34.5 Å². The number of ketones is 1. The molecule has 0 amide bonds. The smallest absolute Gasteiger partial charge is 0.203 e. The summed E-state index contributed by atoms with van der Waals surface area (Å²) < 4.78 is 32.4. The molecule has 2 aromatic rings. The van der Waals surface area contributed by atoms with Crippen LogP contribution in [0.3, 0.4) is 0 Å². The highest BCUT2D eigenvalue weighted by Gasteiger charge is 2.24. The van der Waals surface area contributed by atoms with E-state index in [0.29, 0.717) is 47.3 Å². The molecule has 7 nitrogen and oxygen atoms in total. The molecule has 0 saturated heterocycles. The van der Waals surface area contributed by atoms with Crippen molar-refractivity contribution in [1.82, 2.24) is 0 Å². The number of hydrogen-bond acceptors (Lipinski definition) is 7. The van der Waals surface area contributed by atoms with Crippen LogP contribution in [0.1, 0.15) is 24.0 Å². The Labute approximate surface area is 188 Å². The Balaban J connectivity index is 1.94. The van der Waals surface area contributed by atoms with Crippen LogP contribution in [-0.2, 0) is 4.79 Å². The Morgan fingerprint density at radius 1 is 0.562 bits per heavy atom. The minimum absolute atomic E-state index is 0.00695. The van der Waals surface area contributed by atoms with Gasteiger partial charge in [-0.15, -0.1) is 0 Å². The first-order chi connectivity index (χ1) is 15.5. The molecular formula is C25H28O7. The van der Waals surface area contributed by atoms with Crippen LogP contribution in [0.25, 0.3) is 12.2 Å². The monoisotopic (exact) mass is 440 g/mol. The van der Waals surface area contributed by atoms with E-state index in [9.17, 15) is 4.79 Å². The molecule has 0 aliphatic heterocycles. The Morgan fingerprint density at radius 3 is 1.12 bits per heavy atom. The molecule has 2 aromatic carbocycles. The van der Waals surface area contributed by atoms with Gasteiger partial charge in [0.25, 0.3) is 0 Å². The molecule has 1 fully saturated rings. The SMILES string of the molecule is COc1cc(/C=C2/CC/C(=C/c3cc(OC)c(OC)c(OC)c3)C2=O)cc(OC)c1OC. The van der Waals surface area contributed by atoms with E-state index in [1.54, 1.807) is 42.7 Å². The van der Waals surface area contributed by atoms with Crippen LogP contribution in [0, 0.1) is 0 Å². The van der Waals surface area contributed by atoms with E-state index in [2.05, 4.69) is 0 Å². The molecule has 1 aliphatic rings. The van der Waals surface area contributed by atoms with Crippen molar-refractivity contribution >= 4 is 17.9 Å². The van der Waals surface area contributed by atoms with Crippen LogP contribution in [0.4, 0.5) is 0 Å². The largest absolute Gasteiger partial charge is 0.493 e. The maximum atomic E-state index is 13.1. The number of ether oxygens (including phenoxy) is 6. The minimum Gasteiger partial charge on any atom is -0.493 e. The molecule has 170 valence electrons. The Bertz CT molecular complexity index is 932. The lowest BCUT2D eigenvalue weighted by atomic mass is 10.1. The van der Waals surface area contributed by atoms with Crippen molar-refractivity contribution in [1.29, 1.82) is 0 Å². The average molecular weight is 440 g/mol. The number of methoxy groups -OCH3 is 6. The predicted octanol–water partition coefficient (Wildman–Crippen LogP) is 4.57. The second kappa shape index (κ2) is 10.1. The van der Waals surface area contributed by atoms with Gasteiger partial charge in [0.2, 0.25) is 11.5 Å².